The maximum Gasteiger partial charge on any atom is 0.227 e. The van der Waals surface area contributed by atoms with E-state index in [4.69, 9.17) is 5.73 Å². The summed E-state index contributed by atoms with van der Waals surface area (Å²) in [7, 11) is 0. The Kier molecular flexibility index (Phi) is 3.56. The molecule has 0 heterocycles. The third kappa shape index (κ3) is 2.66. The lowest BCUT2D eigenvalue weighted by molar-refractivity contribution is -0.123. The van der Waals surface area contributed by atoms with Crippen LogP contribution in [0.1, 0.15) is 49.1 Å². The van der Waals surface area contributed by atoms with Crippen molar-refractivity contribution in [2.24, 2.45) is 5.73 Å². The number of nitrogens with one attached hydrogen (secondary N) is 1. The summed E-state index contributed by atoms with van der Waals surface area (Å²) < 4.78 is 0. The zero-order valence-electron chi connectivity index (χ0n) is 11.3. The number of hydrogen-bond acceptors (Lipinski definition) is 2. The molecular formula is C16H22N2O. The van der Waals surface area contributed by atoms with Crippen LogP contribution in [-0.2, 0) is 11.2 Å². The number of fused-ring (bicyclic) bond motifs is 1. The molecule has 0 spiro atoms. The summed E-state index contributed by atoms with van der Waals surface area (Å²) in [6.07, 6.45) is 6.11. The van der Waals surface area contributed by atoms with E-state index < -0.39 is 0 Å². The predicted octanol–water partition coefficient (Wildman–Crippen LogP) is 2.10. The molecule has 1 aromatic rings. The monoisotopic (exact) mass is 258 g/mol. The highest BCUT2D eigenvalue weighted by Gasteiger charge is 2.30. The summed E-state index contributed by atoms with van der Waals surface area (Å²) in [4.78, 5) is 12.4. The molecule has 102 valence electrons. The Morgan fingerprint density at radius 3 is 2.63 bits per heavy atom. The molecule has 1 aromatic carbocycles. The molecule has 3 nitrogen and oxygen atoms in total. The minimum atomic E-state index is 0.0619. The van der Waals surface area contributed by atoms with Gasteiger partial charge in [0.25, 0.3) is 0 Å². The maximum absolute atomic E-state index is 12.4. The molecule has 0 unspecified atom stereocenters. The molecule has 2 aliphatic carbocycles. The van der Waals surface area contributed by atoms with Crippen molar-refractivity contribution in [2.45, 2.75) is 56.5 Å². The molecule has 1 amide bonds. The number of hydrogen-bond donors (Lipinski definition) is 2. The molecule has 1 fully saturated rings. The minimum absolute atomic E-state index is 0.0619. The van der Waals surface area contributed by atoms with Crippen molar-refractivity contribution >= 4 is 5.91 Å². The summed E-state index contributed by atoms with van der Waals surface area (Å²) in [6.45, 7) is 0. The van der Waals surface area contributed by atoms with Crippen LogP contribution in [0.3, 0.4) is 0 Å². The second-order valence-corrected chi connectivity index (χ2v) is 5.91. The van der Waals surface area contributed by atoms with Gasteiger partial charge in [0.05, 0.1) is 5.92 Å². The van der Waals surface area contributed by atoms with Gasteiger partial charge in [0.2, 0.25) is 5.91 Å². The largest absolute Gasteiger partial charge is 0.353 e. The topological polar surface area (TPSA) is 55.1 Å². The van der Waals surface area contributed by atoms with Crippen molar-refractivity contribution in [1.82, 2.24) is 5.32 Å². The summed E-state index contributed by atoms with van der Waals surface area (Å²) in [5.74, 6) is 0.275. The second kappa shape index (κ2) is 5.33. The van der Waals surface area contributed by atoms with Gasteiger partial charge in [-0.15, -0.1) is 0 Å². The van der Waals surface area contributed by atoms with Gasteiger partial charge in [-0.05, 0) is 49.7 Å². The van der Waals surface area contributed by atoms with Crippen molar-refractivity contribution in [3.8, 4) is 0 Å². The van der Waals surface area contributed by atoms with Crippen molar-refractivity contribution in [3.63, 3.8) is 0 Å². The van der Waals surface area contributed by atoms with Gasteiger partial charge < -0.3 is 11.1 Å². The fourth-order valence-electron chi connectivity index (χ4n) is 3.39. The first kappa shape index (κ1) is 12.7. The van der Waals surface area contributed by atoms with Crippen LogP contribution in [0.4, 0.5) is 0 Å². The Bertz CT molecular complexity index is 464. The van der Waals surface area contributed by atoms with Gasteiger partial charge >= 0.3 is 0 Å². The van der Waals surface area contributed by atoms with E-state index in [0.29, 0.717) is 12.1 Å². The standard InChI is InChI=1S/C16H22N2O/c17-12-6-8-13(9-7-12)18-16(19)15-10-5-11-3-1-2-4-14(11)15/h1-4,12-13,15H,5-10,17H2,(H,18,19)/t12?,13?,15-/m1/s1. The third-order valence-corrected chi connectivity index (χ3v) is 4.57. The molecule has 19 heavy (non-hydrogen) atoms. The molecule has 0 aromatic heterocycles. The average Bonchev–Trinajstić information content (AvgIpc) is 2.85. The third-order valence-electron chi connectivity index (χ3n) is 4.57. The van der Waals surface area contributed by atoms with Crippen LogP contribution >= 0.6 is 0 Å². The predicted molar refractivity (Wildman–Crippen MR) is 75.9 cm³/mol. The molecule has 2 aliphatic rings. The lowest BCUT2D eigenvalue weighted by Crippen LogP contribution is -2.42. The Morgan fingerprint density at radius 2 is 1.84 bits per heavy atom. The highest BCUT2D eigenvalue weighted by molar-refractivity contribution is 5.85. The van der Waals surface area contributed by atoms with Gasteiger partial charge in [-0.3, -0.25) is 4.79 Å². The van der Waals surface area contributed by atoms with E-state index in [1.54, 1.807) is 0 Å². The number of carbonyl (C=O) groups excluding carboxylic acids is 1. The highest BCUT2D eigenvalue weighted by Crippen LogP contribution is 2.33. The van der Waals surface area contributed by atoms with Crippen molar-refractivity contribution < 1.29 is 4.79 Å². The number of rotatable bonds is 2. The van der Waals surface area contributed by atoms with Crippen LogP contribution in [0, 0.1) is 0 Å². The molecular weight excluding hydrogens is 236 g/mol. The van der Waals surface area contributed by atoms with Gasteiger partial charge in [0.15, 0.2) is 0 Å². The van der Waals surface area contributed by atoms with E-state index >= 15 is 0 Å². The second-order valence-electron chi connectivity index (χ2n) is 5.91. The minimum Gasteiger partial charge on any atom is -0.353 e. The fraction of sp³-hybridized carbons (Fsp3) is 0.562. The van der Waals surface area contributed by atoms with E-state index in [1.165, 1.54) is 11.1 Å². The molecule has 3 rings (SSSR count). The average molecular weight is 258 g/mol. The van der Waals surface area contributed by atoms with Gasteiger partial charge in [0.1, 0.15) is 0 Å². The van der Waals surface area contributed by atoms with E-state index in [1.807, 2.05) is 6.07 Å². The quantitative estimate of drug-likeness (QED) is 0.853. The van der Waals surface area contributed by atoms with Crippen molar-refractivity contribution in [1.29, 1.82) is 0 Å². The molecule has 1 atom stereocenters. The maximum atomic E-state index is 12.4. The summed E-state index contributed by atoms with van der Waals surface area (Å²) in [6, 6.07) is 9.00. The van der Waals surface area contributed by atoms with Gasteiger partial charge in [0, 0.05) is 12.1 Å². The van der Waals surface area contributed by atoms with Gasteiger partial charge in [-0.2, -0.15) is 0 Å². The molecule has 0 aliphatic heterocycles. The number of aryl methyl sites for hydroxylation is 1. The first-order valence-electron chi connectivity index (χ1n) is 7.38. The Hall–Kier alpha value is -1.35. The highest BCUT2D eigenvalue weighted by atomic mass is 16.1. The molecule has 0 bridgehead atoms. The summed E-state index contributed by atoms with van der Waals surface area (Å²) in [5, 5.41) is 3.23. The van der Waals surface area contributed by atoms with Gasteiger partial charge in [-0.25, -0.2) is 0 Å². The smallest absolute Gasteiger partial charge is 0.227 e. The van der Waals surface area contributed by atoms with Crippen LogP contribution in [0.5, 0.6) is 0 Å². The molecule has 3 heteroatoms. The lowest BCUT2D eigenvalue weighted by atomic mass is 9.91. The molecule has 0 saturated heterocycles. The normalized spacial score (nSPS) is 29.8. The number of amides is 1. The van der Waals surface area contributed by atoms with E-state index in [2.05, 4.69) is 23.5 Å². The van der Waals surface area contributed by atoms with Crippen LogP contribution in [-0.4, -0.2) is 18.0 Å². The SMILES string of the molecule is NC1CCC(NC(=O)[C@@H]2CCc3ccccc32)CC1. The Balaban J connectivity index is 1.63. The summed E-state index contributed by atoms with van der Waals surface area (Å²) in [5.41, 5.74) is 8.47. The van der Waals surface area contributed by atoms with Crippen LogP contribution in [0.25, 0.3) is 0 Å². The van der Waals surface area contributed by atoms with Crippen LogP contribution in [0.2, 0.25) is 0 Å². The zero-order chi connectivity index (χ0) is 13.2. The van der Waals surface area contributed by atoms with Crippen LogP contribution < -0.4 is 11.1 Å². The zero-order valence-corrected chi connectivity index (χ0v) is 11.3. The van der Waals surface area contributed by atoms with Crippen molar-refractivity contribution in [3.05, 3.63) is 35.4 Å². The summed E-state index contributed by atoms with van der Waals surface area (Å²) >= 11 is 0. The van der Waals surface area contributed by atoms with E-state index in [9.17, 15) is 4.79 Å². The molecule has 3 N–H and O–H groups in total. The molecule has 1 saturated carbocycles. The van der Waals surface area contributed by atoms with E-state index in [0.717, 1.165) is 38.5 Å². The Labute approximate surface area is 114 Å². The van der Waals surface area contributed by atoms with Crippen LogP contribution in [0.15, 0.2) is 24.3 Å². The first-order chi connectivity index (χ1) is 9.24. The Morgan fingerprint density at radius 1 is 1.11 bits per heavy atom. The fourth-order valence-corrected chi connectivity index (χ4v) is 3.39. The number of benzene rings is 1. The number of carbonyl (C=O) groups is 1. The molecule has 0 radical (unpaired) electrons. The first-order valence-corrected chi connectivity index (χ1v) is 7.38. The number of nitrogens with two attached hydrogens (primary N) is 1. The lowest BCUT2D eigenvalue weighted by Gasteiger charge is -2.28. The van der Waals surface area contributed by atoms with Crippen molar-refractivity contribution in [2.75, 3.05) is 0 Å². The van der Waals surface area contributed by atoms with Gasteiger partial charge in [-0.1, -0.05) is 24.3 Å². The van der Waals surface area contributed by atoms with E-state index in [-0.39, 0.29) is 11.8 Å².